The largest absolute Gasteiger partial charge is 0.480 e. The van der Waals surface area contributed by atoms with E-state index in [2.05, 4.69) is 10.2 Å². The minimum absolute atomic E-state index is 0.00243. The van der Waals surface area contributed by atoms with Crippen LogP contribution in [0.3, 0.4) is 0 Å². The van der Waals surface area contributed by atoms with Gasteiger partial charge in [0.25, 0.3) is 5.89 Å². The molecular weight excluding hydrogens is 274 g/mol. The maximum atomic E-state index is 13.6. The molecule has 0 spiro atoms. The Morgan fingerprint density at radius 2 is 2.10 bits per heavy atom. The average molecular weight is 284 g/mol. The fraction of sp³-hybridized carbons (Fsp3) is 0.250. The van der Waals surface area contributed by atoms with Crippen molar-refractivity contribution in [2.24, 2.45) is 0 Å². The monoisotopic (exact) mass is 284 g/mol. The second-order valence-corrected chi connectivity index (χ2v) is 3.97. The Kier molecular flexibility index (Phi) is 4.04. The summed E-state index contributed by atoms with van der Waals surface area (Å²) in [5.41, 5.74) is 0.212. The fourth-order valence-electron chi connectivity index (χ4n) is 1.47. The summed E-state index contributed by atoms with van der Waals surface area (Å²) < 4.78 is 36.6. The van der Waals surface area contributed by atoms with E-state index in [1.165, 1.54) is 13.0 Å². The van der Waals surface area contributed by atoms with Crippen LogP contribution in [0.2, 0.25) is 0 Å². The maximum Gasteiger partial charge on any atom is 0.329 e. The van der Waals surface area contributed by atoms with Gasteiger partial charge in [-0.15, -0.1) is 10.2 Å². The van der Waals surface area contributed by atoms with Gasteiger partial charge >= 0.3 is 5.97 Å². The molecule has 0 fully saturated rings. The highest BCUT2D eigenvalue weighted by atomic mass is 19.1. The average Bonchev–Trinajstić information content (AvgIpc) is 2.82. The van der Waals surface area contributed by atoms with Crippen molar-refractivity contribution in [2.75, 3.05) is 6.61 Å². The number of carbonyl (C=O) groups is 1. The van der Waals surface area contributed by atoms with Crippen molar-refractivity contribution in [3.05, 3.63) is 35.2 Å². The van der Waals surface area contributed by atoms with Gasteiger partial charge < -0.3 is 14.3 Å². The molecule has 6 nitrogen and oxygen atoms in total. The Morgan fingerprint density at radius 1 is 1.35 bits per heavy atom. The van der Waals surface area contributed by atoms with E-state index in [-0.39, 0.29) is 29.5 Å². The van der Waals surface area contributed by atoms with E-state index in [9.17, 15) is 13.6 Å². The Morgan fingerprint density at radius 3 is 2.80 bits per heavy atom. The molecule has 0 amide bonds. The van der Waals surface area contributed by atoms with Crippen LogP contribution in [-0.4, -0.2) is 27.9 Å². The second kappa shape index (κ2) is 5.74. The number of hydrogen-bond donors (Lipinski definition) is 1. The summed E-state index contributed by atoms with van der Waals surface area (Å²) in [6.07, 6.45) is 0. The highest BCUT2D eigenvalue weighted by Gasteiger charge is 2.15. The molecule has 0 aliphatic heterocycles. The first-order chi connectivity index (χ1) is 9.47. The second-order valence-electron chi connectivity index (χ2n) is 3.97. The van der Waals surface area contributed by atoms with Crippen molar-refractivity contribution in [1.82, 2.24) is 10.2 Å². The lowest BCUT2D eigenvalue weighted by atomic mass is 10.1. The predicted molar refractivity (Wildman–Crippen MR) is 61.7 cm³/mol. The third kappa shape index (κ3) is 3.15. The fourth-order valence-corrected chi connectivity index (χ4v) is 1.47. The first-order valence-corrected chi connectivity index (χ1v) is 5.55. The normalized spacial score (nSPS) is 10.8. The minimum atomic E-state index is -1.13. The van der Waals surface area contributed by atoms with Crippen LogP contribution < -0.4 is 0 Å². The van der Waals surface area contributed by atoms with Gasteiger partial charge in [0, 0.05) is 6.07 Å². The van der Waals surface area contributed by atoms with E-state index >= 15 is 0 Å². The molecule has 0 radical (unpaired) electrons. The molecule has 0 aliphatic rings. The molecule has 0 saturated heterocycles. The standard InChI is InChI=1S/C12H10F2N2O4/c1-6-2-7(9(14)3-8(6)13)12-16-15-10(20-12)4-19-5-11(17)18/h2-3H,4-5H2,1H3,(H,17,18). The number of hydrogen-bond acceptors (Lipinski definition) is 5. The number of ether oxygens (including phenoxy) is 1. The summed E-state index contributed by atoms with van der Waals surface area (Å²) in [6.45, 7) is 0.758. The van der Waals surface area contributed by atoms with Gasteiger partial charge in [0.05, 0.1) is 5.56 Å². The molecule has 1 heterocycles. The topological polar surface area (TPSA) is 85.5 Å². The summed E-state index contributed by atoms with van der Waals surface area (Å²) in [6, 6.07) is 1.98. The zero-order valence-corrected chi connectivity index (χ0v) is 10.4. The summed E-state index contributed by atoms with van der Waals surface area (Å²) >= 11 is 0. The zero-order valence-electron chi connectivity index (χ0n) is 10.4. The minimum Gasteiger partial charge on any atom is -0.480 e. The van der Waals surface area contributed by atoms with E-state index in [4.69, 9.17) is 14.3 Å². The molecule has 0 atom stereocenters. The van der Waals surface area contributed by atoms with Crippen molar-refractivity contribution >= 4 is 5.97 Å². The number of carboxylic acids is 1. The number of benzene rings is 1. The zero-order chi connectivity index (χ0) is 14.7. The third-order valence-corrected chi connectivity index (χ3v) is 2.40. The number of carboxylic acid groups (broad SMARTS) is 1. The number of aromatic nitrogens is 2. The third-order valence-electron chi connectivity index (χ3n) is 2.40. The Hall–Kier alpha value is -2.35. The van der Waals surface area contributed by atoms with Crippen molar-refractivity contribution in [2.45, 2.75) is 13.5 Å². The van der Waals surface area contributed by atoms with E-state index < -0.39 is 24.2 Å². The van der Waals surface area contributed by atoms with E-state index in [0.29, 0.717) is 0 Å². The molecule has 2 aromatic rings. The van der Waals surface area contributed by atoms with E-state index in [0.717, 1.165) is 6.07 Å². The Bertz CT molecular complexity index is 642. The lowest BCUT2D eigenvalue weighted by molar-refractivity contribution is -0.142. The van der Waals surface area contributed by atoms with Crippen LogP contribution in [0.25, 0.3) is 11.5 Å². The molecule has 0 bridgehead atoms. The van der Waals surface area contributed by atoms with Crippen molar-refractivity contribution in [3.63, 3.8) is 0 Å². The van der Waals surface area contributed by atoms with Crippen LogP contribution in [0.1, 0.15) is 11.5 Å². The van der Waals surface area contributed by atoms with E-state index in [1.54, 1.807) is 0 Å². The first-order valence-electron chi connectivity index (χ1n) is 5.55. The molecule has 106 valence electrons. The molecule has 1 N–H and O–H groups in total. The van der Waals surface area contributed by atoms with Gasteiger partial charge in [-0.1, -0.05) is 0 Å². The van der Waals surface area contributed by atoms with Crippen LogP contribution in [-0.2, 0) is 16.1 Å². The number of halogens is 2. The van der Waals surface area contributed by atoms with Crippen LogP contribution in [0.5, 0.6) is 0 Å². The number of nitrogens with zero attached hydrogens (tertiary/aromatic N) is 2. The van der Waals surface area contributed by atoms with Crippen LogP contribution in [0.15, 0.2) is 16.5 Å². The highest BCUT2D eigenvalue weighted by molar-refractivity contribution is 5.67. The summed E-state index contributed by atoms with van der Waals surface area (Å²) in [5.74, 6) is -2.75. The van der Waals surface area contributed by atoms with Gasteiger partial charge in [-0.3, -0.25) is 0 Å². The Labute approximate surface area is 112 Å². The molecule has 0 unspecified atom stereocenters. The van der Waals surface area contributed by atoms with Gasteiger partial charge in [-0.25, -0.2) is 13.6 Å². The molecule has 2 rings (SSSR count). The number of aliphatic carboxylic acids is 1. The van der Waals surface area contributed by atoms with Gasteiger partial charge in [0.1, 0.15) is 24.8 Å². The van der Waals surface area contributed by atoms with Crippen LogP contribution >= 0.6 is 0 Å². The molecule has 0 saturated carbocycles. The SMILES string of the molecule is Cc1cc(-c2nnc(COCC(=O)O)o2)c(F)cc1F. The Balaban J connectivity index is 2.16. The first kappa shape index (κ1) is 14.1. The molecule has 1 aromatic carbocycles. The number of rotatable bonds is 5. The predicted octanol–water partition coefficient (Wildman–Crippen LogP) is 1.92. The van der Waals surface area contributed by atoms with Gasteiger partial charge in [0.15, 0.2) is 0 Å². The van der Waals surface area contributed by atoms with Crippen molar-refractivity contribution in [1.29, 1.82) is 0 Å². The van der Waals surface area contributed by atoms with E-state index in [1.807, 2.05) is 0 Å². The maximum absolute atomic E-state index is 13.6. The molecule has 1 aromatic heterocycles. The van der Waals surface area contributed by atoms with Gasteiger partial charge in [0.2, 0.25) is 5.89 Å². The summed E-state index contributed by atoms with van der Waals surface area (Å²) in [4.78, 5) is 10.3. The smallest absolute Gasteiger partial charge is 0.329 e. The van der Waals surface area contributed by atoms with Gasteiger partial charge in [-0.05, 0) is 18.6 Å². The lowest BCUT2D eigenvalue weighted by Gasteiger charge is -2.01. The van der Waals surface area contributed by atoms with Crippen molar-refractivity contribution in [3.8, 4) is 11.5 Å². The van der Waals surface area contributed by atoms with Crippen molar-refractivity contribution < 1.29 is 27.8 Å². The summed E-state index contributed by atoms with van der Waals surface area (Å²) in [5, 5.41) is 15.6. The quantitative estimate of drug-likeness (QED) is 0.902. The molecule has 8 heteroatoms. The molecule has 20 heavy (non-hydrogen) atoms. The summed E-state index contributed by atoms with van der Waals surface area (Å²) in [7, 11) is 0. The van der Waals surface area contributed by atoms with Crippen LogP contribution in [0.4, 0.5) is 8.78 Å². The highest BCUT2D eigenvalue weighted by Crippen LogP contribution is 2.24. The van der Waals surface area contributed by atoms with Crippen LogP contribution in [0, 0.1) is 18.6 Å². The lowest BCUT2D eigenvalue weighted by Crippen LogP contribution is -2.06. The van der Waals surface area contributed by atoms with Gasteiger partial charge in [-0.2, -0.15) is 0 Å². The molecular formula is C12H10F2N2O4. The molecule has 0 aliphatic carbocycles. The number of aryl methyl sites for hydroxylation is 1.